The molecule has 2 fully saturated rings. The van der Waals surface area contributed by atoms with Gasteiger partial charge in [-0.25, -0.2) is 0 Å². The summed E-state index contributed by atoms with van der Waals surface area (Å²) in [5.41, 5.74) is 0.233. The van der Waals surface area contributed by atoms with Crippen molar-refractivity contribution in [3.63, 3.8) is 0 Å². The van der Waals surface area contributed by atoms with Gasteiger partial charge in [0.15, 0.2) is 0 Å². The molecule has 4 unspecified atom stereocenters. The molecule has 0 amide bonds. The summed E-state index contributed by atoms with van der Waals surface area (Å²) < 4.78 is 0. The number of hydrogen-bond acceptors (Lipinski definition) is 2. The number of rotatable bonds is 1. The first-order chi connectivity index (χ1) is 5.78. The molecule has 2 saturated carbocycles. The molecule has 0 radical (unpaired) electrons. The van der Waals surface area contributed by atoms with Crippen LogP contribution in [0.3, 0.4) is 0 Å². The van der Waals surface area contributed by atoms with Crippen LogP contribution in [0, 0.1) is 17.8 Å². The smallest absolute Gasteiger partial charge is 0.133 e. The molecule has 0 saturated heterocycles. The number of carbonyl (C=O) groups excluding carboxylic acids is 1. The monoisotopic (exact) mass is 163 g/mol. The summed E-state index contributed by atoms with van der Waals surface area (Å²) >= 11 is 0. The molecular weight excluding hydrogens is 150 g/mol. The Morgan fingerprint density at radius 1 is 1.58 bits per heavy atom. The Kier molecular flexibility index (Phi) is 1.04. The zero-order valence-corrected chi connectivity index (χ0v) is 7.21. The standard InChI is InChI=1S/C10H13NO/c1-11-10-3-2-6-4-7(12)5-8(10)9(6)10/h2-3,6,8-9,11H,4-5H2,1H3. The van der Waals surface area contributed by atoms with E-state index in [1.165, 1.54) is 0 Å². The zero-order valence-electron chi connectivity index (χ0n) is 7.21. The molecule has 0 aromatic carbocycles. The number of allylic oxidation sites excluding steroid dienone is 1. The van der Waals surface area contributed by atoms with Crippen molar-refractivity contribution in [2.24, 2.45) is 17.8 Å². The fraction of sp³-hybridized carbons (Fsp3) is 0.700. The Hall–Kier alpha value is -0.630. The molecule has 3 rings (SSSR count). The normalized spacial score (nSPS) is 54.1. The van der Waals surface area contributed by atoms with Gasteiger partial charge in [-0.15, -0.1) is 0 Å². The minimum absolute atomic E-state index is 0.233. The number of fused-ring (bicyclic) bond motifs is 1. The third kappa shape index (κ3) is 0.556. The van der Waals surface area contributed by atoms with E-state index in [9.17, 15) is 4.79 Å². The first-order valence-electron chi connectivity index (χ1n) is 4.68. The average Bonchev–Trinajstić information content (AvgIpc) is 2.50. The van der Waals surface area contributed by atoms with Crippen LogP contribution in [-0.4, -0.2) is 18.4 Å². The van der Waals surface area contributed by atoms with Gasteiger partial charge in [0.05, 0.1) is 0 Å². The van der Waals surface area contributed by atoms with E-state index >= 15 is 0 Å². The van der Waals surface area contributed by atoms with Gasteiger partial charge in [-0.3, -0.25) is 4.79 Å². The third-order valence-electron chi connectivity index (χ3n) is 3.91. The van der Waals surface area contributed by atoms with Crippen molar-refractivity contribution < 1.29 is 4.79 Å². The predicted molar refractivity (Wildman–Crippen MR) is 45.6 cm³/mol. The fourth-order valence-corrected chi connectivity index (χ4v) is 3.32. The van der Waals surface area contributed by atoms with Crippen molar-refractivity contribution >= 4 is 5.78 Å². The largest absolute Gasteiger partial charge is 0.310 e. The minimum atomic E-state index is 0.233. The van der Waals surface area contributed by atoms with Gasteiger partial charge in [-0.1, -0.05) is 12.2 Å². The van der Waals surface area contributed by atoms with Crippen LogP contribution in [0.15, 0.2) is 12.2 Å². The number of carbonyl (C=O) groups is 1. The molecule has 0 aliphatic heterocycles. The maximum Gasteiger partial charge on any atom is 0.133 e. The molecule has 4 atom stereocenters. The molecule has 1 N–H and O–H groups in total. The zero-order chi connectivity index (χ0) is 8.34. The molecule has 0 spiro atoms. The maximum atomic E-state index is 11.3. The summed E-state index contributed by atoms with van der Waals surface area (Å²) in [6.07, 6.45) is 6.13. The minimum Gasteiger partial charge on any atom is -0.310 e. The van der Waals surface area contributed by atoms with Gasteiger partial charge in [-0.05, 0) is 24.8 Å². The topological polar surface area (TPSA) is 29.1 Å². The van der Waals surface area contributed by atoms with Gasteiger partial charge in [0, 0.05) is 18.4 Å². The van der Waals surface area contributed by atoms with E-state index in [-0.39, 0.29) is 5.54 Å². The second-order valence-electron chi connectivity index (χ2n) is 4.29. The van der Waals surface area contributed by atoms with Crippen molar-refractivity contribution in [1.82, 2.24) is 5.32 Å². The SMILES string of the molecule is CNC12C=CC3CC(=O)CC1C32. The Morgan fingerprint density at radius 2 is 2.42 bits per heavy atom. The molecule has 0 aromatic rings. The molecule has 3 aliphatic rings. The van der Waals surface area contributed by atoms with E-state index in [0.717, 1.165) is 18.8 Å². The van der Waals surface area contributed by atoms with Crippen LogP contribution in [0.2, 0.25) is 0 Å². The predicted octanol–water partition coefficient (Wildman–Crippen LogP) is 0.740. The molecule has 64 valence electrons. The van der Waals surface area contributed by atoms with Crippen molar-refractivity contribution in [2.75, 3.05) is 7.05 Å². The lowest BCUT2D eigenvalue weighted by molar-refractivity contribution is -0.121. The molecule has 0 bridgehead atoms. The molecule has 0 heterocycles. The van der Waals surface area contributed by atoms with Crippen LogP contribution in [0.5, 0.6) is 0 Å². The van der Waals surface area contributed by atoms with Crippen LogP contribution in [0.25, 0.3) is 0 Å². The van der Waals surface area contributed by atoms with Crippen molar-refractivity contribution in [1.29, 1.82) is 0 Å². The Morgan fingerprint density at radius 3 is 3.17 bits per heavy atom. The second kappa shape index (κ2) is 1.82. The summed E-state index contributed by atoms with van der Waals surface area (Å²) in [7, 11) is 2.01. The van der Waals surface area contributed by atoms with E-state index in [1.807, 2.05) is 7.05 Å². The fourth-order valence-electron chi connectivity index (χ4n) is 3.32. The molecule has 12 heavy (non-hydrogen) atoms. The highest BCUT2D eigenvalue weighted by Gasteiger charge is 2.69. The molecular formula is C10H13NO. The Balaban J connectivity index is 1.98. The first-order valence-corrected chi connectivity index (χ1v) is 4.68. The first kappa shape index (κ1) is 6.84. The third-order valence-corrected chi connectivity index (χ3v) is 3.91. The van der Waals surface area contributed by atoms with Crippen molar-refractivity contribution in [3.05, 3.63) is 12.2 Å². The van der Waals surface area contributed by atoms with Crippen LogP contribution in [0.1, 0.15) is 12.8 Å². The van der Waals surface area contributed by atoms with Crippen LogP contribution in [0.4, 0.5) is 0 Å². The summed E-state index contributed by atoms with van der Waals surface area (Å²) in [6.45, 7) is 0. The second-order valence-corrected chi connectivity index (χ2v) is 4.29. The van der Waals surface area contributed by atoms with Crippen LogP contribution < -0.4 is 5.32 Å². The summed E-state index contributed by atoms with van der Waals surface area (Å²) in [4.78, 5) is 11.3. The van der Waals surface area contributed by atoms with E-state index in [0.29, 0.717) is 17.6 Å². The molecule has 2 nitrogen and oxygen atoms in total. The van der Waals surface area contributed by atoms with Crippen LogP contribution >= 0.6 is 0 Å². The maximum absolute atomic E-state index is 11.3. The Bertz CT molecular complexity index is 284. The Labute approximate surface area is 72.0 Å². The highest BCUT2D eigenvalue weighted by Crippen LogP contribution is 2.64. The summed E-state index contributed by atoms with van der Waals surface area (Å²) in [5.74, 6) is 2.39. The van der Waals surface area contributed by atoms with Gasteiger partial charge >= 0.3 is 0 Å². The lowest BCUT2D eigenvalue weighted by Gasteiger charge is -2.15. The van der Waals surface area contributed by atoms with Gasteiger partial charge < -0.3 is 5.32 Å². The molecule has 2 heteroatoms. The molecule has 3 aliphatic carbocycles. The number of ketones is 1. The van der Waals surface area contributed by atoms with Gasteiger partial charge in [0.2, 0.25) is 0 Å². The number of hydrogen-bond donors (Lipinski definition) is 1. The lowest BCUT2D eigenvalue weighted by Crippen LogP contribution is -2.27. The van der Waals surface area contributed by atoms with Crippen LogP contribution in [-0.2, 0) is 4.79 Å². The van der Waals surface area contributed by atoms with E-state index < -0.39 is 0 Å². The van der Waals surface area contributed by atoms with Crippen molar-refractivity contribution in [2.45, 2.75) is 18.4 Å². The van der Waals surface area contributed by atoms with Gasteiger partial charge in [-0.2, -0.15) is 0 Å². The van der Waals surface area contributed by atoms with E-state index in [4.69, 9.17) is 0 Å². The van der Waals surface area contributed by atoms with Gasteiger partial charge in [0.1, 0.15) is 5.78 Å². The number of Topliss-reactive ketones (excluding diaryl/α,β-unsaturated/α-hetero) is 1. The number of nitrogens with one attached hydrogen (secondary N) is 1. The lowest BCUT2D eigenvalue weighted by atomic mass is 9.88. The highest BCUT2D eigenvalue weighted by atomic mass is 16.1. The van der Waals surface area contributed by atoms with E-state index in [1.54, 1.807) is 0 Å². The highest BCUT2D eigenvalue weighted by molar-refractivity contribution is 5.82. The number of likely N-dealkylation sites (N-methyl/N-ethyl adjacent to an activating group) is 1. The van der Waals surface area contributed by atoms with Gasteiger partial charge in [0.25, 0.3) is 0 Å². The molecule has 0 aromatic heterocycles. The summed E-state index contributed by atoms with van der Waals surface area (Å²) in [6, 6.07) is 0. The quantitative estimate of drug-likeness (QED) is 0.578. The van der Waals surface area contributed by atoms with Crippen molar-refractivity contribution in [3.8, 4) is 0 Å². The summed E-state index contributed by atoms with van der Waals surface area (Å²) in [5, 5.41) is 3.37. The van der Waals surface area contributed by atoms with E-state index in [2.05, 4.69) is 17.5 Å². The average molecular weight is 163 g/mol.